The number of nitrogens with zero attached hydrogens (tertiary/aromatic N) is 8. The largest absolute Gasteiger partial charge is 0.465 e. The van der Waals surface area contributed by atoms with Crippen LogP contribution >= 0.6 is 0 Å². The van der Waals surface area contributed by atoms with Crippen LogP contribution in [0.5, 0.6) is 0 Å². The van der Waals surface area contributed by atoms with Gasteiger partial charge in [-0.1, -0.05) is 76.2 Å². The Labute approximate surface area is 703 Å². The lowest BCUT2D eigenvalue weighted by molar-refractivity contribution is -0.153. The summed E-state index contributed by atoms with van der Waals surface area (Å²) in [6, 6.07) is 25.4. The summed E-state index contributed by atoms with van der Waals surface area (Å²) >= 11 is 0. The minimum absolute atomic E-state index is 0.0110. The Balaban J connectivity index is 0.000000125. The normalized spacial score (nSPS) is 13.8. The van der Waals surface area contributed by atoms with Gasteiger partial charge in [0.05, 0.1) is 59.8 Å². The Morgan fingerprint density at radius 1 is 0.320 bits per heavy atom. The minimum atomic E-state index is -4.60. The van der Waals surface area contributed by atoms with Crippen LogP contribution in [0.2, 0.25) is 0 Å². The fraction of sp³-hybridized carbons (Fsp3) is 0.368. The Hall–Kier alpha value is -12.0. The zero-order valence-corrected chi connectivity index (χ0v) is 69.7. The third-order valence-electron chi connectivity index (χ3n) is 22.3. The van der Waals surface area contributed by atoms with Crippen molar-refractivity contribution in [3.63, 3.8) is 0 Å². The van der Waals surface area contributed by atoms with Crippen molar-refractivity contribution >= 4 is 29.1 Å². The monoisotopic (exact) mass is 1670 g/mol. The minimum Gasteiger partial charge on any atom is -0.465 e. The predicted octanol–water partition coefficient (Wildman–Crippen LogP) is 24.2. The van der Waals surface area contributed by atoms with Crippen molar-refractivity contribution in [3.8, 4) is 56.0 Å². The first kappa shape index (κ1) is 86.4. The van der Waals surface area contributed by atoms with Gasteiger partial charge in [-0.25, -0.2) is 38.1 Å². The number of pyridine rings is 2. The molecule has 5 N–H and O–H groups in total. The zero-order valence-electron chi connectivity index (χ0n) is 69.7. The van der Waals surface area contributed by atoms with Crippen LogP contribution in [0, 0.1) is 57.0 Å². The molecule has 5 aliphatic rings. The smallest absolute Gasteiger partial charge is 0.450 e. The van der Waals surface area contributed by atoms with Crippen LogP contribution in [0.1, 0.15) is 187 Å². The molecule has 638 valence electrons. The summed E-state index contributed by atoms with van der Waals surface area (Å²) in [5, 5.41) is 15.7. The number of furan rings is 5. The molecule has 0 aliphatic heterocycles. The van der Waals surface area contributed by atoms with Crippen molar-refractivity contribution in [1.82, 2.24) is 39.9 Å². The summed E-state index contributed by atoms with van der Waals surface area (Å²) in [4.78, 5) is 35.1. The molecule has 0 bridgehead atoms. The highest BCUT2D eigenvalue weighted by atomic mass is 19.4. The molecule has 0 unspecified atom stereocenters. The number of halogens is 9. The second kappa shape index (κ2) is 38.8. The number of benzene rings is 3. The molecule has 27 heteroatoms. The van der Waals surface area contributed by atoms with Crippen LogP contribution < -0.4 is 26.6 Å². The van der Waals surface area contributed by atoms with E-state index in [9.17, 15) is 39.5 Å². The van der Waals surface area contributed by atoms with Gasteiger partial charge in [-0.05, 0) is 177 Å². The van der Waals surface area contributed by atoms with Gasteiger partial charge in [0.1, 0.15) is 92.6 Å². The maximum absolute atomic E-state index is 13.7. The molecule has 0 spiro atoms. The number of rotatable bonds is 20. The summed E-state index contributed by atoms with van der Waals surface area (Å²) in [5.41, 5.74) is 15.0. The molecule has 10 heterocycles. The van der Waals surface area contributed by atoms with Gasteiger partial charge in [-0.15, -0.1) is 0 Å². The van der Waals surface area contributed by atoms with Gasteiger partial charge in [0, 0.05) is 150 Å². The summed E-state index contributed by atoms with van der Waals surface area (Å²) in [6.45, 7) is 19.4. The summed E-state index contributed by atoms with van der Waals surface area (Å²) in [7, 11) is 0. The van der Waals surface area contributed by atoms with Crippen LogP contribution in [0.4, 0.5) is 68.6 Å². The van der Waals surface area contributed by atoms with E-state index in [0.717, 1.165) is 169 Å². The first-order chi connectivity index (χ1) is 58.8. The first-order valence-corrected chi connectivity index (χ1v) is 41.9. The number of aromatic nitrogens is 8. The number of fused-ring (bicyclic) bond motifs is 5. The van der Waals surface area contributed by atoms with E-state index in [4.69, 9.17) is 22.1 Å². The van der Waals surface area contributed by atoms with E-state index >= 15 is 0 Å². The maximum atomic E-state index is 13.7. The van der Waals surface area contributed by atoms with Gasteiger partial charge >= 0.3 is 12.4 Å². The van der Waals surface area contributed by atoms with E-state index in [0.29, 0.717) is 95.3 Å². The van der Waals surface area contributed by atoms with E-state index in [1.165, 1.54) is 84.4 Å². The predicted molar refractivity (Wildman–Crippen MR) is 454 cm³/mol. The van der Waals surface area contributed by atoms with E-state index in [1.807, 2.05) is 88.9 Å². The second-order valence-electron chi connectivity index (χ2n) is 32.1. The van der Waals surface area contributed by atoms with Crippen LogP contribution in [0.3, 0.4) is 0 Å². The fourth-order valence-corrected chi connectivity index (χ4v) is 16.2. The number of nitrogens with one attached hydrogen (secondary N) is 5. The summed E-state index contributed by atoms with van der Waals surface area (Å²) in [5.74, 6) is 8.10. The highest BCUT2D eigenvalue weighted by Crippen LogP contribution is 2.47. The molecule has 0 radical (unpaired) electrons. The number of aryl methyl sites for hydroxylation is 9. The zero-order chi connectivity index (χ0) is 85.8. The highest BCUT2D eigenvalue weighted by Gasteiger charge is 2.43. The van der Waals surface area contributed by atoms with Crippen LogP contribution in [-0.2, 0) is 96.2 Å². The van der Waals surface area contributed by atoms with Crippen molar-refractivity contribution < 1.29 is 61.6 Å². The number of hydrogen-bond donors (Lipinski definition) is 5. The van der Waals surface area contributed by atoms with Crippen molar-refractivity contribution in [1.29, 1.82) is 0 Å². The average molecular weight is 1670 g/mol. The Kier molecular flexibility index (Phi) is 27.5. The third-order valence-corrected chi connectivity index (χ3v) is 22.3. The van der Waals surface area contributed by atoms with E-state index in [2.05, 4.69) is 94.2 Å². The van der Waals surface area contributed by atoms with Gasteiger partial charge < -0.3 is 48.7 Å². The maximum Gasteiger partial charge on any atom is 0.450 e. The van der Waals surface area contributed by atoms with Gasteiger partial charge in [-0.2, -0.15) is 26.3 Å². The molecule has 13 aromatic rings. The SMILES string of the molecule is Cc1ccccc1CNc1ccc(-c2c(C(F)(F)F)oc3c2CCCC3)cn1.Cc1oc2c(c1-c1ccc(NCc3c(F)cccc3F)nc1)CCC2.Cc1oc2c(c1-c1cnc(NCC(C)C)cn1)CCC2.Cc1oc2c(c1-c1cnc(NCC(C)C)cn1)CCCC2.Fc1ccccc1CNc1cnc(-c2c(C(F)(F)F)oc3c2CCCC3)cn1. The molecule has 10 aromatic heterocycles. The van der Waals surface area contributed by atoms with Gasteiger partial charge in [-0.3, -0.25) is 15.0 Å². The Morgan fingerprint density at radius 2 is 0.672 bits per heavy atom. The fourth-order valence-electron chi connectivity index (χ4n) is 16.2. The van der Waals surface area contributed by atoms with Crippen LogP contribution in [0.15, 0.2) is 163 Å². The number of hydrogen-bond acceptors (Lipinski definition) is 18. The average Bonchev–Trinajstić information content (AvgIpc) is 1.61. The lowest BCUT2D eigenvalue weighted by Gasteiger charge is -2.12. The van der Waals surface area contributed by atoms with Crippen molar-refractivity contribution in [3.05, 3.63) is 266 Å². The van der Waals surface area contributed by atoms with Gasteiger partial charge in [0.2, 0.25) is 11.5 Å². The topological polar surface area (TPSA) is 229 Å². The summed E-state index contributed by atoms with van der Waals surface area (Å²) in [6.07, 6.45) is 20.8. The van der Waals surface area contributed by atoms with Crippen LogP contribution in [0.25, 0.3) is 56.0 Å². The third kappa shape index (κ3) is 20.8. The molecule has 0 saturated carbocycles. The number of alkyl halides is 6. The van der Waals surface area contributed by atoms with Gasteiger partial charge in [0.15, 0.2) is 0 Å². The Bertz CT molecular complexity index is 5510. The molecule has 0 fully saturated rings. The van der Waals surface area contributed by atoms with Crippen LogP contribution in [-0.4, -0.2) is 53.0 Å². The van der Waals surface area contributed by atoms with E-state index in [1.54, 1.807) is 36.5 Å². The number of anilines is 5. The van der Waals surface area contributed by atoms with Crippen molar-refractivity contribution in [2.45, 2.75) is 203 Å². The molecule has 0 atom stereocenters. The molecule has 122 heavy (non-hydrogen) atoms. The molecule has 18 rings (SSSR count). The van der Waals surface area contributed by atoms with Crippen molar-refractivity contribution in [2.24, 2.45) is 11.8 Å². The second-order valence-corrected chi connectivity index (χ2v) is 32.1. The van der Waals surface area contributed by atoms with E-state index in [-0.39, 0.29) is 41.3 Å². The molecule has 0 amide bonds. The molecular formula is C95H100F9N13O5. The molecule has 5 aliphatic carbocycles. The van der Waals surface area contributed by atoms with E-state index < -0.39 is 35.5 Å². The highest BCUT2D eigenvalue weighted by molar-refractivity contribution is 5.74. The van der Waals surface area contributed by atoms with Crippen molar-refractivity contribution in [2.75, 3.05) is 39.7 Å². The molecule has 18 nitrogen and oxygen atoms in total. The lowest BCUT2D eigenvalue weighted by atomic mass is 9.92. The lowest BCUT2D eigenvalue weighted by Crippen LogP contribution is -2.09. The molecular weight excluding hydrogens is 1570 g/mol. The standard InChI is InChI=1S/C22H21F3N2O.C20H17F4N3O.C20H18F2N2O.C17H23N3O.C16H21N3O/c1-14-6-2-3-7-15(14)12-26-19-11-10-16(13-27-19)20-17-8-4-5-9-18(17)28-21(20)22(23,24)25;21-14-7-3-1-5-12(14)9-26-17-11-25-15(10-27-17)18-13-6-2-4-8-16(13)28-19(18)20(22,23)24;1-12-20(14-4-2-7-18(14)25-12)13-8-9-19(23-10-13)24-11-15-16(21)5-3-6-17(15)22;1-11(2)8-19-16-10-18-14(9-20-16)17-12(3)21-15-7-5-4-6-13(15)17;1-10(2)7-18-15-9-17-13(8-19-15)16-11(3)20-14-6-4-5-12(14)16/h2-3,6-7,10-11,13H,4-5,8-9,12H2,1H3,(H,26,27);1,3,5,7,10-11H,2,4,6,8-9H2,(H,26,27);3,5-6,8-10H,2,4,7,11H2,1H3,(H,23,24);9-11H,4-8H2,1-3H3,(H,19,20);8-10H,4-7H2,1-3H3,(H,18,19). The Morgan fingerprint density at radius 3 is 1.12 bits per heavy atom. The van der Waals surface area contributed by atoms with Gasteiger partial charge in [0.25, 0.3) is 0 Å². The summed E-state index contributed by atoms with van der Waals surface area (Å²) < 4.78 is 150. The molecule has 0 saturated heterocycles. The molecule has 3 aromatic carbocycles. The quantitative estimate of drug-likeness (QED) is 0.0447. The first-order valence-electron chi connectivity index (χ1n) is 41.9.